The van der Waals surface area contributed by atoms with E-state index in [4.69, 9.17) is 11.6 Å². The van der Waals surface area contributed by atoms with Gasteiger partial charge in [-0.25, -0.2) is 18.1 Å². The van der Waals surface area contributed by atoms with Crippen LogP contribution in [0.15, 0.2) is 53.8 Å². The van der Waals surface area contributed by atoms with Crippen LogP contribution in [0.25, 0.3) is 5.69 Å². The standard InChI is InChI=1S/C24H27ClN4O5S/c1-4-5-21(17-10-12-26-22(14-17)35(32,33)13-11-23(30)34-3)28-24(31)20-15-27-29(16(20)2)19-8-6-18(25)7-9-19/h6-10,12,14-15,21H,4-5,11,13H2,1-3H3,(H,28,31). The van der Waals surface area contributed by atoms with Gasteiger partial charge in [0.25, 0.3) is 5.91 Å². The van der Waals surface area contributed by atoms with E-state index < -0.39 is 27.6 Å². The molecule has 1 atom stereocenters. The van der Waals surface area contributed by atoms with Gasteiger partial charge in [0, 0.05) is 11.2 Å². The molecule has 0 aliphatic heterocycles. The van der Waals surface area contributed by atoms with Crippen molar-refractivity contribution in [2.24, 2.45) is 0 Å². The van der Waals surface area contributed by atoms with Crippen molar-refractivity contribution < 1.29 is 22.7 Å². The van der Waals surface area contributed by atoms with Crippen molar-refractivity contribution in [1.82, 2.24) is 20.1 Å². The number of amides is 1. The third-order valence-electron chi connectivity index (χ3n) is 5.49. The number of methoxy groups -OCH3 is 1. The van der Waals surface area contributed by atoms with Crippen molar-refractivity contribution in [3.8, 4) is 5.69 Å². The van der Waals surface area contributed by atoms with Crippen LogP contribution in [0.3, 0.4) is 0 Å². The molecular formula is C24H27ClN4O5S. The fourth-order valence-corrected chi connectivity index (χ4v) is 4.87. The second kappa shape index (κ2) is 11.5. The van der Waals surface area contributed by atoms with Gasteiger partial charge in [0.1, 0.15) is 0 Å². The van der Waals surface area contributed by atoms with Crippen molar-refractivity contribution in [3.63, 3.8) is 0 Å². The first-order valence-electron chi connectivity index (χ1n) is 11.0. The highest BCUT2D eigenvalue weighted by Crippen LogP contribution is 2.23. The molecule has 0 saturated carbocycles. The molecule has 1 amide bonds. The van der Waals surface area contributed by atoms with E-state index in [1.807, 2.05) is 19.1 Å². The fraction of sp³-hybridized carbons (Fsp3) is 0.333. The van der Waals surface area contributed by atoms with Crippen LogP contribution in [0.1, 0.15) is 53.8 Å². The van der Waals surface area contributed by atoms with Crippen LogP contribution in [-0.2, 0) is 19.4 Å². The van der Waals surface area contributed by atoms with Crippen molar-refractivity contribution in [2.75, 3.05) is 12.9 Å². The molecule has 9 nitrogen and oxygen atoms in total. The number of pyridine rings is 1. The Hall–Kier alpha value is -3.24. The minimum Gasteiger partial charge on any atom is -0.469 e. The van der Waals surface area contributed by atoms with E-state index in [0.29, 0.717) is 28.3 Å². The Bertz CT molecular complexity index is 1310. The second-order valence-electron chi connectivity index (χ2n) is 7.92. The van der Waals surface area contributed by atoms with Crippen LogP contribution in [0.4, 0.5) is 0 Å². The summed E-state index contributed by atoms with van der Waals surface area (Å²) < 4.78 is 31.5. The molecule has 0 spiro atoms. The smallest absolute Gasteiger partial charge is 0.306 e. The Morgan fingerprint density at radius 1 is 1.20 bits per heavy atom. The predicted molar refractivity (Wildman–Crippen MR) is 131 cm³/mol. The molecular weight excluding hydrogens is 492 g/mol. The van der Waals surface area contributed by atoms with Crippen LogP contribution in [0, 0.1) is 6.92 Å². The third kappa shape index (κ3) is 6.46. The Kier molecular flexibility index (Phi) is 8.63. The minimum atomic E-state index is -3.80. The van der Waals surface area contributed by atoms with Crippen molar-refractivity contribution in [2.45, 2.75) is 44.2 Å². The Balaban J connectivity index is 1.82. The molecule has 3 rings (SSSR count). The van der Waals surface area contributed by atoms with Gasteiger partial charge in [-0.05, 0) is 55.3 Å². The maximum Gasteiger partial charge on any atom is 0.306 e. The van der Waals surface area contributed by atoms with E-state index in [1.165, 1.54) is 25.6 Å². The molecule has 2 aromatic heterocycles. The van der Waals surface area contributed by atoms with E-state index in [1.54, 1.807) is 29.8 Å². The highest BCUT2D eigenvalue weighted by atomic mass is 35.5. The quantitative estimate of drug-likeness (QED) is 0.405. The highest BCUT2D eigenvalue weighted by molar-refractivity contribution is 7.91. The number of carbonyl (C=O) groups is 2. The average molecular weight is 519 g/mol. The van der Waals surface area contributed by atoms with Crippen LogP contribution in [-0.4, -0.2) is 47.9 Å². The zero-order valence-corrected chi connectivity index (χ0v) is 21.3. The number of benzene rings is 1. The SMILES string of the molecule is CCCC(NC(=O)c1cnn(-c2ccc(Cl)cc2)c1C)c1ccnc(S(=O)(=O)CCC(=O)OC)c1. The lowest BCUT2D eigenvalue weighted by atomic mass is 10.0. The number of hydrogen-bond acceptors (Lipinski definition) is 7. The lowest BCUT2D eigenvalue weighted by Gasteiger charge is -2.19. The third-order valence-corrected chi connectivity index (χ3v) is 7.34. The highest BCUT2D eigenvalue weighted by Gasteiger charge is 2.23. The molecule has 0 fully saturated rings. The van der Waals surface area contributed by atoms with Gasteiger partial charge in [0.15, 0.2) is 14.9 Å². The molecule has 1 unspecified atom stereocenters. The number of nitrogens with zero attached hydrogens (tertiary/aromatic N) is 3. The molecule has 0 radical (unpaired) electrons. The molecule has 0 aliphatic rings. The van der Waals surface area contributed by atoms with Gasteiger partial charge in [-0.1, -0.05) is 24.9 Å². The van der Waals surface area contributed by atoms with Crippen molar-refractivity contribution >= 4 is 33.3 Å². The maximum atomic E-state index is 13.1. The summed E-state index contributed by atoms with van der Waals surface area (Å²) >= 11 is 5.96. The summed E-state index contributed by atoms with van der Waals surface area (Å²) in [6.07, 6.45) is 3.95. The van der Waals surface area contributed by atoms with Gasteiger partial charge >= 0.3 is 5.97 Å². The molecule has 186 valence electrons. The number of carbonyl (C=O) groups excluding carboxylic acids is 2. The van der Waals surface area contributed by atoms with Crippen LogP contribution < -0.4 is 5.32 Å². The first kappa shape index (κ1) is 26.4. The lowest BCUT2D eigenvalue weighted by Crippen LogP contribution is -2.29. The summed E-state index contributed by atoms with van der Waals surface area (Å²) in [5.74, 6) is -1.35. The first-order valence-corrected chi connectivity index (χ1v) is 13.1. The predicted octanol–water partition coefficient (Wildman–Crippen LogP) is 3.84. The summed E-state index contributed by atoms with van der Waals surface area (Å²) in [6, 6.07) is 9.78. The molecule has 0 saturated heterocycles. The number of nitrogens with one attached hydrogen (secondary N) is 1. The summed E-state index contributed by atoms with van der Waals surface area (Å²) in [5, 5.41) is 7.78. The normalized spacial score (nSPS) is 12.2. The number of esters is 1. The summed E-state index contributed by atoms with van der Waals surface area (Å²) in [5.41, 5.74) is 2.43. The number of hydrogen-bond donors (Lipinski definition) is 1. The Morgan fingerprint density at radius 2 is 1.91 bits per heavy atom. The van der Waals surface area contributed by atoms with Crippen LogP contribution in [0.2, 0.25) is 5.02 Å². The van der Waals surface area contributed by atoms with E-state index in [-0.39, 0.29) is 17.4 Å². The van der Waals surface area contributed by atoms with Crippen molar-refractivity contribution in [1.29, 1.82) is 0 Å². The molecule has 1 aromatic carbocycles. The van der Waals surface area contributed by atoms with Gasteiger partial charge in [-0.3, -0.25) is 9.59 Å². The Morgan fingerprint density at radius 3 is 2.57 bits per heavy atom. The fourth-order valence-electron chi connectivity index (χ4n) is 3.56. The number of ether oxygens (including phenoxy) is 1. The van der Waals surface area contributed by atoms with Gasteiger partial charge in [-0.15, -0.1) is 0 Å². The average Bonchev–Trinajstić information content (AvgIpc) is 3.24. The summed E-state index contributed by atoms with van der Waals surface area (Å²) in [6.45, 7) is 3.77. The number of aromatic nitrogens is 3. The lowest BCUT2D eigenvalue weighted by molar-refractivity contribution is -0.140. The summed E-state index contributed by atoms with van der Waals surface area (Å²) in [4.78, 5) is 28.5. The molecule has 35 heavy (non-hydrogen) atoms. The first-order chi connectivity index (χ1) is 16.7. The largest absolute Gasteiger partial charge is 0.469 e. The number of rotatable bonds is 10. The minimum absolute atomic E-state index is 0.152. The van der Waals surface area contributed by atoms with Crippen LogP contribution in [0.5, 0.6) is 0 Å². The van der Waals surface area contributed by atoms with Gasteiger partial charge in [0.2, 0.25) is 0 Å². The molecule has 0 aliphatic carbocycles. The molecule has 1 N–H and O–H groups in total. The van der Waals surface area contributed by atoms with E-state index in [9.17, 15) is 18.0 Å². The number of sulfone groups is 1. The molecule has 3 aromatic rings. The molecule has 0 bridgehead atoms. The summed E-state index contributed by atoms with van der Waals surface area (Å²) in [7, 11) is -2.60. The second-order valence-corrected chi connectivity index (χ2v) is 10.4. The van der Waals surface area contributed by atoms with E-state index >= 15 is 0 Å². The zero-order chi connectivity index (χ0) is 25.6. The van der Waals surface area contributed by atoms with Crippen LogP contribution >= 0.6 is 11.6 Å². The van der Waals surface area contributed by atoms with Gasteiger partial charge in [-0.2, -0.15) is 5.10 Å². The molecule has 2 heterocycles. The van der Waals surface area contributed by atoms with E-state index in [2.05, 4.69) is 20.1 Å². The van der Waals surface area contributed by atoms with Crippen molar-refractivity contribution in [3.05, 3.63) is 70.6 Å². The maximum absolute atomic E-state index is 13.1. The zero-order valence-electron chi connectivity index (χ0n) is 19.7. The number of halogens is 1. The molecule has 11 heteroatoms. The monoisotopic (exact) mass is 518 g/mol. The Labute approximate surface area is 209 Å². The van der Waals surface area contributed by atoms with E-state index in [0.717, 1.165) is 12.1 Å². The van der Waals surface area contributed by atoms with Gasteiger partial charge < -0.3 is 10.1 Å². The van der Waals surface area contributed by atoms with Gasteiger partial charge in [0.05, 0.1) is 48.5 Å². The topological polar surface area (TPSA) is 120 Å².